The SMILES string of the molecule is CSc1cc(C(F)(F)F)ccc1C(=O)C(C=O)C1CC1. The minimum atomic E-state index is -4.44. The molecule has 1 aromatic carbocycles. The van der Waals surface area contributed by atoms with Gasteiger partial charge >= 0.3 is 6.18 Å². The standard InChI is InChI=1S/C14H13F3O2S/c1-20-12-6-9(14(15,16)17)4-5-10(12)13(19)11(7-18)8-2-3-8/h4-8,11H,2-3H2,1H3. The van der Waals surface area contributed by atoms with E-state index in [-0.39, 0.29) is 22.2 Å². The van der Waals surface area contributed by atoms with Crippen LogP contribution in [0, 0.1) is 11.8 Å². The van der Waals surface area contributed by atoms with E-state index in [1.807, 2.05) is 0 Å². The van der Waals surface area contributed by atoms with Crippen molar-refractivity contribution in [1.82, 2.24) is 0 Å². The average Bonchev–Trinajstić information content (AvgIpc) is 3.22. The molecule has 2 rings (SSSR count). The number of hydrogen-bond acceptors (Lipinski definition) is 3. The molecule has 0 aromatic heterocycles. The summed E-state index contributed by atoms with van der Waals surface area (Å²) in [6.45, 7) is 0. The lowest BCUT2D eigenvalue weighted by molar-refractivity contribution is -0.137. The molecule has 1 aromatic rings. The van der Waals surface area contributed by atoms with Crippen molar-refractivity contribution in [2.24, 2.45) is 11.8 Å². The van der Waals surface area contributed by atoms with Gasteiger partial charge in [-0.1, -0.05) is 0 Å². The van der Waals surface area contributed by atoms with Gasteiger partial charge in [0.2, 0.25) is 0 Å². The Morgan fingerprint density at radius 1 is 1.40 bits per heavy atom. The molecule has 0 amide bonds. The number of benzene rings is 1. The molecule has 20 heavy (non-hydrogen) atoms. The molecule has 1 saturated carbocycles. The Bertz CT molecular complexity index is 536. The van der Waals surface area contributed by atoms with E-state index in [0.717, 1.165) is 36.7 Å². The van der Waals surface area contributed by atoms with Crippen LogP contribution in [0.4, 0.5) is 13.2 Å². The second kappa shape index (κ2) is 5.60. The third-order valence-electron chi connectivity index (χ3n) is 3.37. The molecule has 2 nitrogen and oxygen atoms in total. The third-order valence-corrected chi connectivity index (χ3v) is 4.15. The van der Waals surface area contributed by atoms with Gasteiger partial charge in [-0.2, -0.15) is 13.2 Å². The number of Topliss-reactive ketones (excluding diaryl/α,β-unsaturated/α-hetero) is 1. The molecule has 1 unspecified atom stereocenters. The average molecular weight is 302 g/mol. The summed E-state index contributed by atoms with van der Waals surface area (Å²) in [5.74, 6) is -1.05. The van der Waals surface area contributed by atoms with Crippen LogP contribution in [0.25, 0.3) is 0 Å². The highest BCUT2D eigenvalue weighted by Crippen LogP contribution is 2.39. The Labute approximate surface area is 118 Å². The number of hydrogen-bond donors (Lipinski definition) is 0. The molecular weight excluding hydrogens is 289 g/mol. The second-order valence-corrected chi connectivity index (χ2v) is 5.62. The fraction of sp³-hybridized carbons (Fsp3) is 0.429. The first kappa shape index (κ1) is 15.1. The highest BCUT2D eigenvalue weighted by molar-refractivity contribution is 7.98. The highest BCUT2D eigenvalue weighted by atomic mass is 32.2. The van der Waals surface area contributed by atoms with Crippen LogP contribution < -0.4 is 0 Å². The van der Waals surface area contributed by atoms with Crippen molar-refractivity contribution in [1.29, 1.82) is 0 Å². The number of alkyl halides is 3. The van der Waals surface area contributed by atoms with Crippen LogP contribution in [0.5, 0.6) is 0 Å². The van der Waals surface area contributed by atoms with E-state index in [1.54, 1.807) is 6.26 Å². The van der Waals surface area contributed by atoms with Gasteiger partial charge in [0.05, 0.1) is 11.5 Å². The summed E-state index contributed by atoms with van der Waals surface area (Å²) < 4.78 is 37.9. The summed E-state index contributed by atoms with van der Waals surface area (Å²) in [5, 5.41) is 0. The Morgan fingerprint density at radius 3 is 2.50 bits per heavy atom. The maximum atomic E-state index is 12.6. The topological polar surface area (TPSA) is 34.1 Å². The van der Waals surface area contributed by atoms with Crippen LogP contribution in [0.15, 0.2) is 23.1 Å². The minimum absolute atomic E-state index is 0.0528. The Morgan fingerprint density at radius 2 is 2.05 bits per heavy atom. The number of ketones is 1. The maximum absolute atomic E-state index is 12.6. The van der Waals surface area contributed by atoms with Gasteiger partial charge < -0.3 is 4.79 Å². The van der Waals surface area contributed by atoms with Crippen molar-refractivity contribution in [2.45, 2.75) is 23.9 Å². The summed E-state index contributed by atoms with van der Waals surface area (Å²) in [5.41, 5.74) is -0.582. The molecule has 6 heteroatoms. The molecule has 1 atom stereocenters. The largest absolute Gasteiger partial charge is 0.416 e. The first-order valence-corrected chi connectivity index (χ1v) is 7.35. The lowest BCUT2D eigenvalue weighted by atomic mass is 9.94. The van der Waals surface area contributed by atoms with Crippen LogP contribution >= 0.6 is 11.8 Å². The molecule has 0 heterocycles. The summed E-state index contributed by atoms with van der Waals surface area (Å²) in [6.07, 6.45) is -0.567. The first-order chi connectivity index (χ1) is 9.38. The molecule has 0 aliphatic heterocycles. The molecule has 1 aliphatic carbocycles. The maximum Gasteiger partial charge on any atom is 0.416 e. The van der Waals surface area contributed by atoms with Gasteiger partial charge in [0.15, 0.2) is 5.78 Å². The smallest absolute Gasteiger partial charge is 0.303 e. The van der Waals surface area contributed by atoms with Gasteiger partial charge in [-0.3, -0.25) is 4.79 Å². The Balaban J connectivity index is 2.36. The zero-order valence-corrected chi connectivity index (χ0v) is 11.6. The third kappa shape index (κ3) is 3.06. The number of carbonyl (C=O) groups is 2. The molecule has 1 aliphatic rings. The number of rotatable bonds is 5. The van der Waals surface area contributed by atoms with E-state index in [1.165, 1.54) is 6.07 Å². The summed E-state index contributed by atoms with van der Waals surface area (Å²) in [7, 11) is 0. The summed E-state index contributed by atoms with van der Waals surface area (Å²) in [4.78, 5) is 23.6. The van der Waals surface area contributed by atoms with Crippen molar-refractivity contribution in [2.75, 3.05) is 6.26 Å². The van der Waals surface area contributed by atoms with Gasteiger partial charge in [0, 0.05) is 10.5 Å². The van der Waals surface area contributed by atoms with Gasteiger partial charge in [-0.25, -0.2) is 0 Å². The predicted octanol–water partition coefficient (Wildman–Crippen LogP) is 3.84. The van der Waals surface area contributed by atoms with Crippen LogP contribution in [0.3, 0.4) is 0 Å². The van der Waals surface area contributed by atoms with Crippen molar-refractivity contribution in [3.8, 4) is 0 Å². The van der Waals surface area contributed by atoms with E-state index in [9.17, 15) is 22.8 Å². The Kier molecular flexibility index (Phi) is 4.22. The molecular formula is C14H13F3O2S. The van der Waals surface area contributed by atoms with E-state index >= 15 is 0 Å². The highest BCUT2D eigenvalue weighted by Gasteiger charge is 2.37. The van der Waals surface area contributed by atoms with E-state index in [4.69, 9.17) is 0 Å². The molecule has 0 radical (unpaired) electrons. The van der Waals surface area contributed by atoms with Gasteiger partial charge in [-0.05, 0) is 43.2 Å². The Hall–Kier alpha value is -1.30. The molecule has 0 saturated heterocycles. The van der Waals surface area contributed by atoms with Crippen molar-refractivity contribution in [3.63, 3.8) is 0 Å². The lowest BCUT2D eigenvalue weighted by Crippen LogP contribution is -2.19. The quantitative estimate of drug-likeness (QED) is 0.359. The number of aldehydes is 1. The fourth-order valence-corrected chi connectivity index (χ4v) is 2.73. The molecule has 0 N–H and O–H groups in total. The monoisotopic (exact) mass is 302 g/mol. The van der Waals surface area contributed by atoms with E-state index in [2.05, 4.69) is 0 Å². The molecule has 0 spiro atoms. The minimum Gasteiger partial charge on any atom is -0.303 e. The van der Waals surface area contributed by atoms with Crippen LogP contribution in [0.1, 0.15) is 28.8 Å². The molecule has 1 fully saturated rings. The predicted molar refractivity (Wildman–Crippen MR) is 69.8 cm³/mol. The van der Waals surface area contributed by atoms with Gasteiger partial charge in [-0.15, -0.1) is 11.8 Å². The second-order valence-electron chi connectivity index (χ2n) is 4.78. The van der Waals surface area contributed by atoms with Crippen molar-refractivity contribution < 1.29 is 22.8 Å². The van der Waals surface area contributed by atoms with Crippen LogP contribution in [-0.2, 0) is 11.0 Å². The van der Waals surface area contributed by atoms with Gasteiger partial charge in [0.25, 0.3) is 0 Å². The van der Waals surface area contributed by atoms with E-state index < -0.39 is 17.7 Å². The summed E-state index contributed by atoms with van der Waals surface area (Å²) in [6, 6.07) is 3.03. The fourth-order valence-electron chi connectivity index (χ4n) is 2.09. The number of thioether (sulfide) groups is 1. The normalized spacial score (nSPS) is 16.8. The number of halogens is 3. The zero-order valence-electron chi connectivity index (χ0n) is 10.7. The van der Waals surface area contributed by atoms with Crippen LogP contribution in [-0.4, -0.2) is 18.3 Å². The summed E-state index contributed by atoms with van der Waals surface area (Å²) >= 11 is 1.08. The van der Waals surface area contributed by atoms with Crippen LogP contribution in [0.2, 0.25) is 0 Å². The van der Waals surface area contributed by atoms with E-state index in [0.29, 0.717) is 6.29 Å². The van der Waals surface area contributed by atoms with Crippen molar-refractivity contribution >= 4 is 23.8 Å². The first-order valence-electron chi connectivity index (χ1n) is 6.13. The number of carbonyl (C=O) groups excluding carboxylic acids is 2. The molecule has 108 valence electrons. The molecule has 0 bridgehead atoms. The van der Waals surface area contributed by atoms with Crippen molar-refractivity contribution in [3.05, 3.63) is 29.3 Å². The zero-order chi connectivity index (χ0) is 14.9. The lowest BCUT2D eigenvalue weighted by Gasteiger charge is -2.14. The van der Waals surface area contributed by atoms with Gasteiger partial charge in [0.1, 0.15) is 6.29 Å².